The van der Waals surface area contributed by atoms with Gasteiger partial charge in [0.15, 0.2) is 0 Å². The van der Waals surface area contributed by atoms with Crippen molar-refractivity contribution in [2.24, 2.45) is 0 Å². The molecule has 0 unspecified atom stereocenters. The second kappa shape index (κ2) is 5.91. The van der Waals surface area contributed by atoms with Crippen molar-refractivity contribution in [1.29, 1.82) is 5.26 Å². The number of hydrogen-bond acceptors (Lipinski definition) is 5. The van der Waals surface area contributed by atoms with Crippen molar-refractivity contribution < 1.29 is 8.42 Å². The van der Waals surface area contributed by atoms with Gasteiger partial charge in [0.25, 0.3) is 10.0 Å². The van der Waals surface area contributed by atoms with Crippen LogP contribution < -0.4 is 4.72 Å². The molecule has 0 radical (unpaired) electrons. The first-order valence-electron chi connectivity index (χ1n) is 5.87. The minimum atomic E-state index is -3.74. The molecule has 110 valence electrons. The number of hydrogen-bond donors (Lipinski definition) is 1. The smallest absolute Gasteiger partial charge is 0.251 e. The van der Waals surface area contributed by atoms with Crippen LogP contribution in [0.5, 0.6) is 0 Å². The van der Waals surface area contributed by atoms with Gasteiger partial charge in [0.2, 0.25) is 0 Å². The van der Waals surface area contributed by atoms with Crippen LogP contribution in [-0.4, -0.2) is 39.0 Å². The van der Waals surface area contributed by atoms with Crippen LogP contribution in [0.1, 0.15) is 12.8 Å². The van der Waals surface area contributed by atoms with Gasteiger partial charge in [-0.1, -0.05) is 11.6 Å². The van der Waals surface area contributed by atoms with Crippen molar-refractivity contribution in [3.05, 3.63) is 14.9 Å². The predicted molar refractivity (Wildman–Crippen MR) is 82.4 cm³/mol. The van der Waals surface area contributed by atoms with Crippen LogP contribution in [0.2, 0.25) is 5.02 Å². The lowest BCUT2D eigenvalue weighted by atomic mass is 9.91. The maximum Gasteiger partial charge on any atom is 0.251 e. The number of nitrogens with zero attached hydrogens (tertiary/aromatic N) is 2. The van der Waals surface area contributed by atoms with E-state index >= 15 is 0 Å². The van der Waals surface area contributed by atoms with Gasteiger partial charge in [0.1, 0.15) is 9.75 Å². The van der Waals surface area contributed by atoms with Gasteiger partial charge in [-0.05, 0) is 41.9 Å². The molecule has 0 amide bonds. The number of nitrogens with one attached hydrogen (secondary N) is 1. The Morgan fingerprint density at radius 3 is 2.60 bits per heavy atom. The Labute approximate surface area is 135 Å². The minimum absolute atomic E-state index is 0.114. The zero-order valence-corrected chi connectivity index (χ0v) is 14.7. The maximum atomic E-state index is 12.4. The molecule has 1 aromatic heterocycles. The molecule has 2 heterocycles. The number of piperidine rings is 1. The molecule has 1 N–H and O–H groups in total. The SMILES string of the molecule is CN1CCC(C#N)(NS(=O)(=O)c2cc(Cl)c(Br)s2)CC1. The van der Waals surface area contributed by atoms with Crippen molar-refractivity contribution in [3.8, 4) is 6.07 Å². The van der Waals surface area contributed by atoms with Crippen LogP contribution in [0.3, 0.4) is 0 Å². The lowest BCUT2D eigenvalue weighted by molar-refractivity contribution is 0.213. The number of nitriles is 1. The molecular weight excluding hydrogens is 386 g/mol. The fourth-order valence-corrected chi connectivity index (χ4v) is 5.78. The van der Waals surface area contributed by atoms with Crippen molar-refractivity contribution in [1.82, 2.24) is 9.62 Å². The molecule has 0 saturated carbocycles. The number of likely N-dealkylation sites (tertiary alicyclic amines) is 1. The van der Waals surface area contributed by atoms with E-state index in [1.165, 1.54) is 6.07 Å². The van der Waals surface area contributed by atoms with Gasteiger partial charge in [0, 0.05) is 13.1 Å². The summed E-state index contributed by atoms with van der Waals surface area (Å²) >= 11 is 10.1. The van der Waals surface area contributed by atoms with Crippen LogP contribution in [0, 0.1) is 11.3 Å². The zero-order chi connectivity index (χ0) is 15.0. The minimum Gasteiger partial charge on any atom is -0.306 e. The van der Waals surface area contributed by atoms with Gasteiger partial charge in [-0.3, -0.25) is 0 Å². The molecule has 1 saturated heterocycles. The van der Waals surface area contributed by atoms with Crippen LogP contribution in [0.25, 0.3) is 0 Å². The number of thiophene rings is 1. The molecule has 0 bridgehead atoms. The summed E-state index contributed by atoms with van der Waals surface area (Å²) in [5.41, 5.74) is -1.03. The first-order chi connectivity index (χ1) is 9.28. The summed E-state index contributed by atoms with van der Waals surface area (Å²) in [4.78, 5) is 2.07. The van der Waals surface area contributed by atoms with E-state index in [9.17, 15) is 13.7 Å². The zero-order valence-electron chi connectivity index (χ0n) is 10.7. The molecule has 1 fully saturated rings. The normalized spacial score (nSPS) is 19.7. The molecule has 9 heteroatoms. The van der Waals surface area contributed by atoms with E-state index in [1.807, 2.05) is 7.05 Å². The summed E-state index contributed by atoms with van der Waals surface area (Å²) in [6.07, 6.45) is 0.943. The fourth-order valence-electron chi connectivity index (χ4n) is 2.00. The third-order valence-electron chi connectivity index (χ3n) is 3.27. The van der Waals surface area contributed by atoms with Crippen molar-refractivity contribution >= 4 is 48.9 Å². The van der Waals surface area contributed by atoms with E-state index in [1.54, 1.807) is 0 Å². The van der Waals surface area contributed by atoms with E-state index in [-0.39, 0.29) is 4.21 Å². The lowest BCUT2D eigenvalue weighted by Gasteiger charge is -2.35. The van der Waals surface area contributed by atoms with E-state index in [0.717, 1.165) is 11.3 Å². The average molecular weight is 399 g/mol. The highest BCUT2D eigenvalue weighted by atomic mass is 79.9. The van der Waals surface area contributed by atoms with Gasteiger partial charge in [-0.25, -0.2) is 8.42 Å². The molecular formula is C11H13BrClN3O2S2. The molecule has 2 rings (SSSR count). The van der Waals surface area contributed by atoms with E-state index < -0.39 is 15.6 Å². The quantitative estimate of drug-likeness (QED) is 0.848. The van der Waals surface area contributed by atoms with E-state index in [2.05, 4.69) is 31.6 Å². The van der Waals surface area contributed by atoms with Crippen LogP contribution in [0.4, 0.5) is 0 Å². The topological polar surface area (TPSA) is 73.2 Å². The summed E-state index contributed by atoms with van der Waals surface area (Å²) in [6.45, 7) is 1.37. The van der Waals surface area contributed by atoms with E-state index in [0.29, 0.717) is 34.7 Å². The Morgan fingerprint density at radius 2 is 2.15 bits per heavy atom. The fraction of sp³-hybridized carbons (Fsp3) is 0.545. The van der Waals surface area contributed by atoms with Crippen LogP contribution in [-0.2, 0) is 10.0 Å². The van der Waals surface area contributed by atoms with Crippen molar-refractivity contribution in [2.45, 2.75) is 22.6 Å². The highest BCUT2D eigenvalue weighted by molar-refractivity contribution is 9.11. The Balaban J connectivity index is 2.25. The average Bonchev–Trinajstić information content (AvgIpc) is 2.74. The molecule has 0 aliphatic carbocycles. The summed E-state index contributed by atoms with van der Waals surface area (Å²) in [5, 5.41) is 9.72. The molecule has 1 aliphatic rings. The molecule has 0 aromatic carbocycles. The van der Waals surface area contributed by atoms with Gasteiger partial charge in [0.05, 0.1) is 14.9 Å². The Bertz CT molecular complexity index is 626. The second-order valence-electron chi connectivity index (χ2n) is 4.79. The summed E-state index contributed by atoms with van der Waals surface area (Å²) < 4.78 is 28.0. The van der Waals surface area contributed by atoms with Crippen molar-refractivity contribution in [3.63, 3.8) is 0 Å². The standard InChI is InChI=1S/C11H13BrClN3O2S2/c1-16-4-2-11(7-14,3-5-16)15-20(17,18)9-6-8(13)10(12)19-9/h6,15H,2-5H2,1H3. The highest BCUT2D eigenvalue weighted by Crippen LogP contribution is 2.35. The predicted octanol–water partition coefficient (Wildman–Crippen LogP) is 2.43. The molecule has 0 atom stereocenters. The monoisotopic (exact) mass is 397 g/mol. The third-order valence-corrected chi connectivity index (χ3v) is 7.76. The Hall–Kier alpha value is -0.170. The number of rotatable bonds is 3. The van der Waals surface area contributed by atoms with Gasteiger partial charge < -0.3 is 4.90 Å². The molecule has 5 nitrogen and oxygen atoms in total. The van der Waals surface area contributed by atoms with Gasteiger partial charge >= 0.3 is 0 Å². The van der Waals surface area contributed by atoms with Gasteiger partial charge in [-0.15, -0.1) is 11.3 Å². The first-order valence-corrected chi connectivity index (χ1v) is 9.34. The third kappa shape index (κ3) is 3.35. The highest BCUT2D eigenvalue weighted by Gasteiger charge is 2.38. The van der Waals surface area contributed by atoms with Crippen LogP contribution >= 0.6 is 38.9 Å². The summed E-state index contributed by atoms with van der Waals surface area (Å²) in [7, 11) is -1.79. The Morgan fingerprint density at radius 1 is 1.55 bits per heavy atom. The lowest BCUT2D eigenvalue weighted by Crippen LogP contribution is -2.53. The number of halogens is 2. The molecule has 1 aliphatic heterocycles. The maximum absolute atomic E-state index is 12.4. The van der Waals surface area contributed by atoms with Gasteiger partial charge in [-0.2, -0.15) is 9.98 Å². The largest absolute Gasteiger partial charge is 0.306 e. The molecule has 1 aromatic rings. The molecule has 20 heavy (non-hydrogen) atoms. The number of sulfonamides is 1. The van der Waals surface area contributed by atoms with Crippen molar-refractivity contribution in [2.75, 3.05) is 20.1 Å². The summed E-state index contributed by atoms with van der Waals surface area (Å²) in [5.74, 6) is 0. The Kier molecular flexibility index (Phi) is 4.79. The van der Waals surface area contributed by atoms with E-state index in [4.69, 9.17) is 11.6 Å². The first kappa shape index (κ1) is 16.2. The second-order valence-corrected chi connectivity index (χ2v) is 9.48. The summed E-state index contributed by atoms with van der Waals surface area (Å²) in [6, 6.07) is 3.52. The molecule has 0 spiro atoms. The van der Waals surface area contributed by atoms with Crippen LogP contribution in [0.15, 0.2) is 14.1 Å².